The Labute approximate surface area is 117 Å². The zero-order chi connectivity index (χ0) is 14.5. The van der Waals surface area contributed by atoms with Gasteiger partial charge in [0, 0.05) is 12.6 Å². The lowest BCUT2D eigenvalue weighted by Crippen LogP contribution is -2.28. The van der Waals surface area contributed by atoms with Gasteiger partial charge in [0.1, 0.15) is 5.69 Å². The molecule has 0 bridgehead atoms. The van der Waals surface area contributed by atoms with Gasteiger partial charge in [-0.3, -0.25) is 4.79 Å². The van der Waals surface area contributed by atoms with Crippen LogP contribution in [-0.4, -0.2) is 41.1 Å². The summed E-state index contributed by atoms with van der Waals surface area (Å²) in [5.74, 6) is -1.30. The van der Waals surface area contributed by atoms with Crippen LogP contribution in [0.1, 0.15) is 45.8 Å². The first-order valence-electron chi connectivity index (χ1n) is 6.80. The lowest BCUT2D eigenvalue weighted by molar-refractivity contribution is 0.0694. The molecule has 3 N–H and O–H groups in total. The van der Waals surface area contributed by atoms with E-state index < -0.39 is 5.97 Å². The van der Waals surface area contributed by atoms with E-state index in [4.69, 9.17) is 5.11 Å². The summed E-state index contributed by atoms with van der Waals surface area (Å²) in [6.45, 7) is 3.06. The highest BCUT2D eigenvalue weighted by molar-refractivity contribution is 5.94. The molecule has 6 nitrogen and oxygen atoms in total. The summed E-state index contributed by atoms with van der Waals surface area (Å²) in [7, 11) is 0. The number of nitrogens with one attached hydrogen (secondary N) is 2. The Morgan fingerprint density at radius 2 is 2.10 bits per heavy atom. The number of hydrogen-bond acceptors (Lipinski definition) is 4. The van der Waals surface area contributed by atoms with E-state index in [2.05, 4.69) is 15.6 Å². The van der Waals surface area contributed by atoms with Gasteiger partial charge in [0.2, 0.25) is 0 Å². The van der Waals surface area contributed by atoms with E-state index in [1.165, 1.54) is 25.0 Å². The van der Waals surface area contributed by atoms with Gasteiger partial charge in [-0.25, -0.2) is 9.78 Å². The smallest absolute Gasteiger partial charge is 0.337 e. The van der Waals surface area contributed by atoms with Crippen molar-refractivity contribution in [1.82, 2.24) is 15.6 Å². The number of aromatic carboxylic acids is 1. The van der Waals surface area contributed by atoms with E-state index >= 15 is 0 Å². The second-order valence-corrected chi connectivity index (χ2v) is 4.97. The van der Waals surface area contributed by atoms with Crippen LogP contribution >= 0.6 is 0 Å². The standard InChI is InChI=1S/C14H19N3O3/c1-9-11(14(19)20)5-6-12(17-9)13(18)16-8-2-7-15-10-3-4-10/h5-6,10,15H,2-4,7-8H2,1H3,(H,16,18)(H,19,20). The maximum Gasteiger partial charge on any atom is 0.337 e. The van der Waals surface area contributed by atoms with Gasteiger partial charge in [-0.15, -0.1) is 0 Å². The minimum atomic E-state index is -1.03. The highest BCUT2D eigenvalue weighted by atomic mass is 16.4. The number of carboxylic acid groups (broad SMARTS) is 1. The molecular formula is C14H19N3O3. The molecule has 1 aromatic rings. The zero-order valence-electron chi connectivity index (χ0n) is 11.5. The third-order valence-electron chi connectivity index (χ3n) is 3.20. The van der Waals surface area contributed by atoms with Crippen molar-refractivity contribution in [2.24, 2.45) is 0 Å². The number of aryl methyl sites for hydroxylation is 1. The van der Waals surface area contributed by atoms with Gasteiger partial charge in [-0.2, -0.15) is 0 Å². The fourth-order valence-corrected chi connectivity index (χ4v) is 1.89. The predicted molar refractivity (Wildman–Crippen MR) is 73.9 cm³/mol. The number of carboxylic acids is 1. The Balaban J connectivity index is 1.79. The quantitative estimate of drug-likeness (QED) is 0.646. The average Bonchev–Trinajstić information content (AvgIpc) is 3.21. The summed E-state index contributed by atoms with van der Waals surface area (Å²) in [5, 5.41) is 15.0. The number of carbonyl (C=O) groups excluding carboxylic acids is 1. The number of rotatable bonds is 7. The van der Waals surface area contributed by atoms with Crippen LogP contribution in [0.4, 0.5) is 0 Å². The predicted octanol–water partition coefficient (Wildman–Crippen LogP) is 0.960. The average molecular weight is 277 g/mol. The van der Waals surface area contributed by atoms with E-state index in [9.17, 15) is 9.59 Å². The molecule has 0 aliphatic heterocycles. The molecule has 2 rings (SSSR count). The van der Waals surface area contributed by atoms with Gasteiger partial charge in [0.15, 0.2) is 0 Å². The first kappa shape index (κ1) is 14.5. The van der Waals surface area contributed by atoms with Crippen molar-refractivity contribution in [3.05, 3.63) is 29.1 Å². The van der Waals surface area contributed by atoms with Crippen LogP contribution in [-0.2, 0) is 0 Å². The van der Waals surface area contributed by atoms with Crippen molar-refractivity contribution in [2.45, 2.75) is 32.2 Å². The molecule has 1 aromatic heterocycles. The minimum absolute atomic E-state index is 0.121. The van der Waals surface area contributed by atoms with Crippen LogP contribution in [0.15, 0.2) is 12.1 Å². The lowest BCUT2D eigenvalue weighted by Gasteiger charge is -2.07. The van der Waals surface area contributed by atoms with Gasteiger partial charge in [-0.05, 0) is 44.9 Å². The van der Waals surface area contributed by atoms with Crippen LogP contribution in [0, 0.1) is 6.92 Å². The molecule has 0 saturated heterocycles. The van der Waals surface area contributed by atoms with Crippen molar-refractivity contribution in [1.29, 1.82) is 0 Å². The third kappa shape index (κ3) is 4.03. The number of pyridine rings is 1. The molecule has 1 saturated carbocycles. The largest absolute Gasteiger partial charge is 0.478 e. The molecule has 1 aliphatic carbocycles. The molecular weight excluding hydrogens is 258 g/mol. The fourth-order valence-electron chi connectivity index (χ4n) is 1.89. The number of amides is 1. The minimum Gasteiger partial charge on any atom is -0.478 e. The molecule has 0 radical (unpaired) electrons. The molecule has 108 valence electrons. The lowest BCUT2D eigenvalue weighted by atomic mass is 10.2. The van der Waals surface area contributed by atoms with E-state index in [-0.39, 0.29) is 17.2 Å². The molecule has 1 fully saturated rings. The van der Waals surface area contributed by atoms with E-state index in [0.29, 0.717) is 18.3 Å². The Hall–Kier alpha value is -1.95. The van der Waals surface area contributed by atoms with E-state index in [1.54, 1.807) is 6.92 Å². The second-order valence-electron chi connectivity index (χ2n) is 4.97. The van der Waals surface area contributed by atoms with Crippen LogP contribution < -0.4 is 10.6 Å². The Morgan fingerprint density at radius 3 is 2.70 bits per heavy atom. The monoisotopic (exact) mass is 277 g/mol. The van der Waals surface area contributed by atoms with E-state index in [0.717, 1.165) is 13.0 Å². The number of aromatic nitrogens is 1. The summed E-state index contributed by atoms with van der Waals surface area (Å²) >= 11 is 0. The first-order valence-corrected chi connectivity index (χ1v) is 6.80. The topological polar surface area (TPSA) is 91.3 Å². The Bertz CT molecular complexity index is 512. The first-order chi connectivity index (χ1) is 9.58. The second kappa shape index (κ2) is 6.47. The zero-order valence-corrected chi connectivity index (χ0v) is 11.5. The summed E-state index contributed by atoms with van der Waals surface area (Å²) in [6, 6.07) is 3.53. The Kier molecular flexibility index (Phi) is 4.68. The third-order valence-corrected chi connectivity index (χ3v) is 3.20. The summed E-state index contributed by atoms with van der Waals surface area (Å²) in [4.78, 5) is 26.7. The molecule has 0 unspecified atom stereocenters. The highest BCUT2D eigenvalue weighted by Gasteiger charge is 2.19. The summed E-state index contributed by atoms with van der Waals surface area (Å²) in [6.07, 6.45) is 3.38. The molecule has 1 aliphatic rings. The molecule has 20 heavy (non-hydrogen) atoms. The van der Waals surface area contributed by atoms with Gasteiger partial charge < -0.3 is 15.7 Å². The van der Waals surface area contributed by atoms with Crippen LogP contribution in [0.25, 0.3) is 0 Å². The normalized spacial score (nSPS) is 14.1. The SMILES string of the molecule is Cc1nc(C(=O)NCCCNC2CC2)ccc1C(=O)O. The highest BCUT2D eigenvalue weighted by Crippen LogP contribution is 2.18. The molecule has 1 heterocycles. The van der Waals surface area contributed by atoms with Crippen molar-refractivity contribution >= 4 is 11.9 Å². The molecule has 6 heteroatoms. The maximum atomic E-state index is 11.8. The number of carbonyl (C=O) groups is 2. The van der Waals surface area contributed by atoms with Crippen LogP contribution in [0.2, 0.25) is 0 Å². The van der Waals surface area contributed by atoms with Crippen molar-refractivity contribution in [3.63, 3.8) is 0 Å². The number of nitrogens with zero attached hydrogens (tertiary/aromatic N) is 1. The van der Waals surface area contributed by atoms with Crippen LogP contribution in [0.3, 0.4) is 0 Å². The van der Waals surface area contributed by atoms with Gasteiger partial charge in [0.25, 0.3) is 5.91 Å². The molecule has 0 aromatic carbocycles. The number of hydrogen-bond donors (Lipinski definition) is 3. The summed E-state index contributed by atoms with van der Waals surface area (Å²) < 4.78 is 0. The van der Waals surface area contributed by atoms with Crippen molar-refractivity contribution < 1.29 is 14.7 Å². The van der Waals surface area contributed by atoms with Crippen molar-refractivity contribution in [2.75, 3.05) is 13.1 Å². The maximum absolute atomic E-state index is 11.8. The van der Waals surface area contributed by atoms with Crippen LogP contribution in [0.5, 0.6) is 0 Å². The van der Waals surface area contributed by atoms with Gasteiger partial charge >= 0.3 is 5.97 Å². The van der Waals surface area contributed by atoms with Crippen molar-refractivity contribution in [3.8, 4) is 0 Å². The summed E-state index contributed by atoms with van der Waals surface area (Å²) in [5.41, 5.74) is 0.721. The molecule has 1 amide bonds. The molecule has 0 spiro atoms. The molecule has 0 atom stereocenters. The van der Waals surface area contributed by atoms with Gasteiger partial charge in [-0.1, -0.05) is 0 Å². The Morgan fingerprint density at radius 1 is 1.35 bits per heavy atom. The van der Waals surface area contributed by atoms with Gasteiger partial charge in [0.05, 0.1) is 11.3 Å². The fraction of sp³-hybridized carbons (Fsp3) is 0.500. The van der Waals surface area contributed by atoms with E-state index in [1.807, 2.05) is 0 Å².